The number of amides is 1. The Labute approximate surface area is 115 Å². The number of hydrogen-bond donors (Lipinski definition) is 3. The SMILES string of the molecule is Cc1sc2ncnc(NCC(=O)NCCN)c2c1C. The summed E-state index contributed by atoms with van der Waals surface area (Å²) in [6.07, 6.45) is 1.51. The van der Waals surface area contributed by atoms with Crippen LogP contribution in [0.4, 0.5) is 5.82 Å². The van der Waals surface area contributed by atoms with Crippen LogP contribution in [0.5, 0.6) is 0 Å². The summed E-state index contributed by atoms with van der Waals surface area (Å²) in [5.74, 6) is 0.608. The van der Waals surface area contributed by atoms with Crippen molar-refractivity contribution in [3.63, 3.8) is 0 Å². The molecule has 2 aromatic rings. The smallest absolute Gasteiger partial charge is 0.239 e. The molecule has 0 aliphatic carbocycles. The van der Waals surface area contributed by atoms with Crippen molar-refractivity contribution in [1.29, 1.82) is 0 Å². The highest BCUT2D eigenvalue weighted by molar-refractivity contribution is 7.18. The van der Waals surface area contributed by atoms with Gasteiger partial charge in [-0.1, -0.05) is 0 Å². The Morgan fingerprint density at radius 1 is 1.42 bits per heavy atom. The van der Waals surface area contributed by atoms with E-state index in [1.807, 2.05) is 6.92 Å². The van der Waals surface area contributed by atoms with E-state index in [-0.39, 0.29) is 12.5 Å². The number of fused-ring (bicyclic) bond motifs is 1. The summed E-state index contributed by atoms with van der Waals surface area (Å²) in [7, 11) is 0. The molecule has 2 heterocycles. The third-order valence-corrected chi connectivity index (χ3v) is 3.96. The summed E-state index contributed by atoms with van der Waals surface area (Å²) in [4.78, 5) is 22.1. The number of rotatable bonds is 5. The molecule has 19 heavy (non-hydrogen) atoms. The number of nitrogens with one attached hydrogen (secondary N) is 2. The van der Waals surface area contributed by atoms with Gasteiger partial charge < -0.3 is 16.4 Å². The first-order valence-electron chi connectivity index (χ1n) is 6.04. The molecular weight excluding hydrogens is 262 g/mol. The molecule has 0 unspecified atom stereocenters. The lowest BCUT2D eigenvalue weighted by molar-refractivity contribution is -0.119. The van der Waals surface area contributed by atoms with Crippen molar-refractivity contribution in [2.45, 2.75) is 13.8 Å². The molecule has 0 fully saturated rings. The molecule has 4 N–H and O–H groups in total. The van der Waals surface area contributed by atoms with Crippen LogP contribution in [0.3, 0.4) is 0 Å². The first-order chi connectivity index (χ1) is 9.13. The molecule has 0 aliphatic heterocycles. The van der Waals surface area contributed by atoms with Gasteiger partial charge in [-0.05, 0) is 19.4 Å². The fourth-order valence-electron chi connectivity index (χ4n) is 1.75. The van der Waals surface area contributed by atoms with Gasteiger partial charge in [0.1, 0.15) is 17.0 Å². The van der Waals surface area contributed by atoms with E-state index in [9.17, 15) is 4.79 Å². The molecule has 1 amide bonds. The zero-order valence-electron chi connectivity index (χ0n) is 11.0. The first-order valence-corrected chi connectivity index (χ1v) is 6.86. The summed E-state index contributed by atoms with van der Waals surface area (Å²) in [5.41, 5.74) is 6.48. The third kappa shape index (κ3) is 2.99. The fraction of sp³-hybridized carbons (Fsp3) is 0.417. The average molecular weight is 279 g/mol. The minimum Gasteiger partial charge on any atom is -0.360 e. The van der Waals surface area contributed by atoms with Crippen molar-refractivity contribution in [2.24, 2.45) is 5.73 Å². The summed E-state index contributed by atoms with van der Waals surface area (Å²) in [5, 5.41) is 6.75. The predicted octanol–water partition coefficient (Wildman–Crippen LogP) is 0.795. The van der Waals surface area contributed by atoms with Gasteiger partial charge in [0.2, 0.25) is 5.91 Å². The number of aryl methyl sites for hydroxylation is 2. The molecule has 0 saturated carbocycles. The lowest BCUT2D eigenvalue weighted by Gasteiger charge is -2.07. The van der Waals surface area contributed by atoms with Crippen molar-refractivity contribution in [2.75, 3.05) is 25.0 Å². The number of carbonyl (C=O) groups is 1. The molecule has 6 nitrogen and oxygen atoms in total. The lowest BCUT2D eigenvalue weighted by Crippen LogP contribution is -2.33. The van der Waals surface area contributed by atoms with Gasteiger partial charge in [0.05, 0.1) is 11.9 Å². The normalized spacial score (nSPS) is 10.7. The minimum absolute atomic E-state index is 0.0955. The maximum atomic E-state index is 11.5. The molecule has 0 aromatic carbocycles. The number of nitrogens with zero attached hydrogens (tertiary/aromatic N) is 2. The van der Waals surface area contributed by atoms with Crippen LogP contribution >= 0.6 is 11.3 Å². The Kier molecular flexibility index (Phi) is 4.28. The number of carbonyl (C=O) groups excluding carboxylic acids is 1. The van der Waals surface area contributed by atoms with E-state index in [0.717, 1.165) is 15.8 Å². The van der Waals surface area contributed by atoms with Crippen molar-refractivity contribution in [1.82, 2.24) is 15.3 Å². The number of nitrogens with two attached hydrogens (primary N) is 1. The molecule has 2 rings (SSSR count). The second kappa shape index (κ2) is 5.94. The standard InChI is InChI=1S/C12H17N5OS/c1-7-8(2)19-12-10(7)11(16-6-17-12)15-5-9(18)14-4-3-13/h6H,3-5,13H2,1-2H3,(H,14,18)(H,15,16,17). The Balaban J connectivity index is 2.14. The molecule has 0 spiro atoms. The topological polar surface area (TPSA) is 92.9 Å². The van der Waals surface area contributed by atoms with Crippen molar-refractivity contribution < 1.29 is 4.79 Å². The van der Waals surface area contributed by atoms with Crippen molar-refractivity contribution >= 4 is 33.3 Å². The number of thiophene rings is 1. The van der Waals surface area contributed by atoms with E-state index in [2.05, 4.69) is 27.5 Å². The molecule has 0 saturated heterocycles. The third-order valence-electron chi connectivity index (χ3n) is 2.85. The van der Waals surface area contributed by atoms with E-state index in [4.69, 9.17) is 5.73 Å². The van der Waals surface area contributed by atoms with Crippen LogP contribution < -0.4 is 16.4 Å². The van der Waals surface area contributed by atoms with Crippen LogP contribution in [0.25, 0.3) is 10.2 Å². The van der Waals surface area contributed by atoms with Gasteiger partial charge in [-0.3, -0.25) is 4.79 Å². The molecule has 7 heteroatoms. The van der Waals surface area contributed by atoms with Crippen LogP contribution in [0.1, 0.15) is 10.4 Å². The van der Waals surface area contributed by atoms with Crippen molar-refractivity contribution in [3.05, 3.63) is 16.8 Å². The lowest BCUT2D eigenvalue weighted by atomic mass is 10.2. The fourth-order valence-corrected chi connectivity index (χ4v) is 2.75. The minimum atomic E-state index is -0.0955. The maximum absolute atomic E-state index is 11.5. The Morgan fingerprint density at radius 2 is 2.21 bits per heavy atom. The van der Waals surface area contributed by atoms with Gasteiger partial charge in [-0.25, -0.2) is 9.97 Å². The van der Waals surface area contributed by atoms with Gasteiger partial charge >= 0.3 is 0 Å². The molecule has 0 aliphatic rings. The van der Waals surface area contributed by atoms with Gasteiger partial charge in [-0.15, -0.1) is 11.3 Å². The Hall–Kier alpha value is -1.73. The highest BCUT2D eigenvalue weighted by atomic mass is 32.1. The van der Waals surface area contributed by atoms with Gasteiger partial charge in [-0.2, -0.15) is 0 Å². The number of aromatic nitrogens is 2. The molecule has 2 aromatic heterocycles. The van der Waals surface area contributed by atoms with Crippen LogP contribution in [0.15, 0.2) is 6.33 Å². The van der Waals surface area contributed by atoms with Crippen LogP contribution in [-0.4, -0.2) is 35.5 Å². The quantitative estimate of drug-likeness (QED) is 0.752. The monoisotopic (exact) mass is 279 g/mol. The second-order valence-corrected chi connectivity index (χ2v) is 5.38. The highest BCUT2D eigenvalue weighted by Gasteiger charge is 2.12. The Bertz CT molecular complexity index is 595. The summed E-state index contributed by atoms with van der Waals surface area (Å²) in [6.45, 7) is 5.19. The second-order valence-electron chi connectivity index (χ2n) is 4.18. The van der Waals surface area contributed by atoms with E-state index in [0.29, 0.717) is 18.9 Å². The van der Waals surface area contributed by atoms with Crippen LogP contribution in [0.2, 0.25) is 0 Å². The van der Waals surface area contributed by atoms with Gasteiger partial charge in [0.15, 0.2) is 0 Å². The molecule has 0 radical (unpaired) electrons. The van der Waals surface area contributed by atoms with Crippen LogP contribution in [0, 0.1) is 13.8 Å². The van der Waals surface area contributed by atoms with Crippen molar-refractivity contribution in [3.8, 4) is 0 Å². The zero-order valence-corrected chi connectivity index (χ0v) is 11.8. The van der Waals surface area contributed by atoms with Gasteiger partial charge in [0, 0.05) is 18.0 Å². The van der Waals surface area contributed by atoms with Gasteiger partial charge in [0.25, 0.3) is 0 Å². The first kappa shape index (κ1) is 13.7. The van der Waals surface area contributed by atoms with E-state index in [1.54, 1.807) is 11.3 Å². The molecule has 102 valence electrons. The van der Waals surface area contributed by atoms with E-state index >= 15 is 0 Å². The number of hydrogen-bond acceptors (Lipinski definition) is 6. The van der Waals surface area contributed by atoms with E-state index in [1.165, 1.54) is 11.2 Å². The maximum Gasteiger partial charge on any atom is 0.239 e. The van der Waals surface area contributed by atoms with E-state index < -0.39 is 0 Å². The molecular formula is C12H17N5OS. The summed E-state index contributed by atoms with van der Waals surface area (Å²) < 4.78 is 0. The largest absolute Gasteiger partial charge is 0.360 e. The summed E-state index contributed by atoms with van der Waals surface area (Å²) >= 11 is 1.63. The molecule has 0 bridgehead atoms. The van der Waals surface area contributed by atoms with Crippen LogP contribution in [-0.2, 0) is 4.79 Å². The predicted molar refractivity (Wildman–Crippen MR) is 77.4 cm³/mol. The number of anilines is 1. The highest BCUT2D eigenvalue weighted by Crippen LogP contribution is 2.32. The molecule has 0 atom stereocenters. The average Bonchev–Trinajstić information content (AvgIpc) is 2.70. The zero-order chi connectivity index (χ0) is 13.8. The Morgan fingerprint density at radius 3 is 2.95 bits per heavy atom. The summed E-state index contributed by atoms with van der Waals surface area (Å²) in [6, 6.07) is 0.